The average molecular weight is 491 g/mol. The minimum Gasteiger partial charge on any atom is -0.375 e. The smallest absolute Gasteiger partial charge is 0.193 e. The van der Waals surface area contributed by atoms with E-state index in [0.29, 0.717) is 5.25 Å². The molecule has 2 saturated heterocycles. The van der Waals surface area contributed by atoms with E-state index in [1.54, 1.807) is 0 Å². The van der Waals surface area contributed by atoms with E-state index in [-0.39, 0.29) is 36.2 Å². The second-order valence-electron chi connectivity index (χ2n) is 6.58. The normalized spacial score (nSPS) is 24.8. The van der Waals surface area contributed by atoms with Gasteiger partial charge in [-0.15, -0.1) is 35.7 Å². The summed E-state index contributed by atoms with van der Waals surface area (Å²) in [5, 5.41) is 4.00. The summed E-state index contributed by atoms with van der Waals surface area (Å²) in [6.07, 6.45) is 2.65. The maximum Gasteiger partial charge on any atom is 0.193 e. The van der Waals surface area contributed by atoms with Gasteiger partial charge in [0.1, 0.15) is 6.10 Å². The van der Waals surface area contributed by atoms with Crippen LogP contribution in [0.15, 0.2) is 40.2 Å². The number of aliphatic imine (C=N–C) groups is 1. The molecule has 3 atom stereocenters. The number of morpholine rings is 1. The molecule has 0 amide bonds. The molecule has 26 heavy (non-hydrogen) atoms. The molecule has 146 valence electrons. The first-order chi connectivity index (χ1) is 12.3. The zero-order valence-corrected chi connectivity index (χ0v) is 18.7. The van der Waals surface area contributed by atoms with Crippen LogP contribution >= 0.6 is 35.7 Å². The molecule has 2 fully saturated rings. The van der Waals surface area contributed by atoms with Gasteiger partial charge in [0.05, 0.1) is 12.7 Å². The van der Waals surface area contributed by atoms with Crippen LogP contribution < -0.4 is 5.32 Å². The predicted molar refractivity (Wildman–Crippen MR) is 119 cm³/mol. The minimum atomic E-state index is 0. The van der Waals surface area contributed by atoms with Gasteiger partial charge in [0, 0.05) is 43.4 Å². The first-order valence-corrected chi connectivity index (χ1v) is 10.0. The second-order valence-corrected chi connectivity index (χ2v) is 8.09. The molecule has 2 aliphatic heterocycles. The number of nitrogens with zero attached hydrogens (tertiary/aromatic N) is 2. The summed E-state index contributed by atoms with van der Waals surface area (Å²) >= 11 is 1.88. The number of guanidine groups is 1. The summed E-state index contributed by atoms with van der Waals surface area (Å²) in [6.45, 7) is 6.46. The maximum absolute atomic E-state index is 5.94. The zero-order valence-electron chi connectivity index (χ0n) is 15.6. The molecule has 2 aliphatic rings. The van der Waals surface area contributed by atoms with E-state index in [1.807, 2.05) is 18.8 Å². The highest BCUT2D eigenvalue weighted by atomic mass is 127. The third kappa shape index (κ3) is 6.28. The Labute approximate surface area is 178 Å². The molecule has 0 radical (unpaired) electrons. The highest BCUT2D eigenvalue weighted by Crippen LogP contribution is 2.23. The van der Waals surface area contributed by atoms with Gasteiger partial charge in [0.2, 0.25) is 0 Å². The molecule has 0 saturated carbocycles. The number of thioether (sulfide) groups is 1. The van der Waals surface area contributed by atoms with E-state index in [9.17, 15) is 0 Å². The van der Waals surface area contributed by atoms with Crippen LogP contribution in [0.25, 0.3) is 0 Å². The van der Waals surface area contributed by atoms with Gasteiger partial charge in [0.25, 0.3) is 0 Å². The summed E-state index contributed by atoms with van der Waals surface area (Å²) in [6, 6.07) is 10.5. The van der Waals surface area contributed by atoms with E-state index in [4.69, 9.17) is 9.47 Å². The molecule has 0 aliphatic carbocycles. The van der Waals surface area contributed by atoms with E-state index in [0.717, 1.165) is 51.6 Å². The van der Waals surface area contributed by atoms with Crippen molar-refractivity contribution in [1.29, 1.82) is 0 Å². The van der Waals surface area contributed by atoms with Crippen molar-refractivity contribution in [2.75, 3.05) is 39.9 Å². The van der Waals surface area contributed by atoms with E-state index in [1.165, 1.54) is 4.90 Å². The topological polar surface area (TPSA) is 46.1 Å². The molecule has 1 aromatic carbocycles. The van der Waals surface area contributed by atoms with Crippen molar-refractivity contribution >= 4 is 41.7 Å². The Morgan fingerprint density at radius 1 is 1.27 bits per heavy atom. The number of ether oxygens (including phenoxy) is 2. The SMILES string of the molecule is CN=C(NCC(C)Sc1ccccc1)N1CCOC(C2CCCO2)C1.I. The van der Waals surface area contributed by atoms with E-state index >= 15 is 0 Å². The standard InChI is InChI=1S/C19H29N3O2S.HI/c1-15(25-16-7-4-3-5-8-16)13-21-19(20-2)22-10-12-24-18(14-22)17-9-6-11-23-17;/h3-5,7-8,15,17-18H,6,9-14H2,1-2H3,(H,20,21);1H. The summed E-state index contributed by atoms with van der Waals surface area (Å²) in [5.74, 6) is 0.965. The molecule has 7 heteroatoms. The Morgan fingerprint density at radius 2 is 2.04 bits per heavy atom. The van der Waals surface area contributed by atoms with Gasteiger partial charge in [-0.1, -0.05) is 25.1 Å². The van der Waals surface area contributed by atoms with Crippen LogP contribution in [0.5, 0.6) is 0 Å². The van der Waals surface area contributed by atoms with Crippen molar-refractivity contribution in [3.63, 3.8) is 0 Å². The van der Waals surface area contributed by atoms with E-state index < -0.39 is 0 Å². The van der Waals surface area contributed by atoms with Crippen molar-refractivity contribution in [2.24, 2.45) is 4.99 Å². The van der Waals surface area contributed by atoms with Crippen molar-refractivity contribution in [2.45, 2.75) is 42.1 Å². The van der Waals surface area contributed by atoms with Crippen LogP contribution in [0.1, 0.15) is 19.8 Å². The summed E-state index contributed by atoms with van der Waals surface area (Å²) < 4.78 is 11.7. The number of rotatable bonds is 5. The molecular weight excluding hydrogens is 461 g/mol. The maximum atomic E-state index is 5.94. The number of hydrogen-bond donors (Lipinski definition) is 1. The molecule has 5 nitrogen and oxygen atoms in total. The molecule has 1 aromatic rings. The molecule has 3 unspecified atom stereocenters. The van der Waals surface area contributed by atoms with Crippen molar-refractivity contribution < 1.29 is 9.47 Å². The summed E-state index contributed by atoms with van der Waals surface area (Å²) in [7, 11) is 1.86. The molecule has 0 bridgehead atoms. The van der Waals surface area contributed by atoms with Gasteiger partial charge in [-0.25, -0.2) is 0 Å². The Morgan fingerprint density at radius 3 is 2.73 bits per heavy atom. The summed E-state index contributed by atoms with van der Waals surface area (Å²) in [5.41, 5.74) is 0. The first kappa shape index (κ1) is 21.8. The van der Waals surface area contributed by atoms with Crippen LogP contribution in [0.4, 0.5) is 0 Å². The Hall–Kier alpha value is -0.510. The highest BCUT2D eigenvalue weighted by molar-refractivity contribution is 14.0. The quantitative estimate of drug-likeness (QED) is 0.297. The minimum absolute atomic E-state index is 0. The van der Waals surface area contributed by atoms with Crippen molar-refractivity contribution in [3.8, 4) is 0 Å². The van der Waals surface area contributed by atoms with Crippen molar-refractivity contribution in [1.82, 2.24) is 10.2 Å². The Kier molecular flexibility index (Phi) is 9.52. The summed E-state index contributed by atoms with van der Waals surface area (Å²) in [4.78, 5) is 8.08. The molecule has 2 heterocycles. The Bertz CT molecular complexity index is 555. The lowest BCUT2D eigenvalue weighted by Crippen LogP contribution is -2.53. The molecule has 1 N–H and O–H groups in total. The third-order valence-electron chi connectivity index (χ3n) is 4.61. The fourth-order valence-corrected chi connectivity index (χ4v) is 4.27. The van der Waals surface area contributed by atoms with Crippen LogP contribution in [-0.4, -0.2) is 68.2 Å². The second kappa shape index (κ2) is 11.4. The van der Waals surface area contributed by atoms with Gasteiger partial charge >= 0.3 is 0 Å². The van der Waals surface area contributed by atoms with Gasteiger partial charge in [-0.05, 0) is 25.0 Å². The van der Waals surface area contributed by atoms with Gasteiger partial charge in [-0.3, -0.25) is 4.99 Å². The van der Waals surface area contributed by atoms with Crippen LogP contribution in [0, 0.1) is 0 Å². The van der Waals surface area contributed by atoms with Crippen LogP contribution in [0.2, 0.25) is 0 Å². The monoisotopic (exact) mass is 491 g/mol. The molecular formula is C19H30IN3O2S. The fraction of sp³-hybridized carbons (Fsp3) is 0.632. The fourth-order valence-electron chi connectivity index (χ4n) is 3.33. The van der Waals surface area contributed by atoms with Crippen LogP contribution in [0.3, 0.4) is 0 Å². The lowest BCUT2D eigenvalue weighted by molar-refractivity contribution is -0.0816. The first-order valence-electron chi connectivity index (χ1n) is 9.17. The average Bonchev–Trinajstić information content (AvgIpc) is 3.18. The van der Waals surface area contributed by atoms with E-state index in [2.05, 4.69) is 52.5 Å². The lowest BCUT2D eigenvalue weighted by atomic mass is 10.1. The van der Waals surface area contributed by atoms with Crippen molar-refractivity contribution in [3.05, 3.63) is 30.3 Å². The zero-order chi connectivity index (χ0) is 17.5. The molecule has 0 spiro atoms. The van der Waals surface area contributed by atoms with Gasteiger partial charge < -0.3 is 19.7 Å². The lowest BCUT2D eigenvalue weighted by Gasteiger charge is -2.37. The van der Waals surface area contributed by atoms with Crippen LogP contribution in [-0.2, 0) is 9.47 Å². The predicted octanol–water partition coefficient (Wildman–Crippen LogP) is 3.24. The van der Waals surface area contributed by atoms with Gasteiger partial charge in [0.15, 0.2) is 5.96 Å². The molecule has 3 rings (SSSR count). The largest absolute Gasteiger partial charge is 0.375 e. The van der Waals surface area contributed by atoms with Gasteiger partial charge in [-0.2, -0.15) is 0 Å². The third-order valence-corrected chi connectivity index (χ3v) is 5.73. The molecule has 0 aromatic heterocycles. The number of nitrogens with one attached hydrogen (secondary N) is 1. The number of hydrogen-bond acceptors (Lipinski definition) is 4. The Balaban J connectivity index is 0.00000243. The number of benzene rings is 1. The number of halogens is 1. The highest BCUT2D eigenvalue weighted by Gasteiger charge is 2.32.